The highest BCUT2D eigenvalue weighted by atomic mass is 32.1. The summed E-state index contributed by atoms with van der Waals surface area (Å²) in [4.78, 5) is 14.5. The minimum atomic E-state index is 0.837. The number of rotatable bonds is 4. The topological polar surface area (TPSA) is 48.5 Å². The molecule has 0 aliphatic heterocycles. The van der Waals surface area contributed by atoms with Crippen molar-refractivity contribution in [2.45, 2.75) is 0 Å². The summed E-state index contributed by atoms with van der Waals surface area (Å²) in [7, 11) is 0. The van der Waals surface area contributed by atoms with Crippen molar-refractivity contribution in [3.8, 4) is 32.8 Å². The lowest BCUT2D eigenvalue weighted by Gasteiger charge is -2.09. The number of hydrogen-bond acceptors (Lipinski definition) is 4. The van der Waals surface area contributed by atoms with Crippen molar-refractivity contribution < 1.29 is 0 Å². The van der Waals surface area contributed by atoms with Gasteiger partial charge in [-0.2, -0.15) is 0 Å². The van der Waals surface area contributed by atoms with Gasteiger partial charge in [0.1, 0.15) is 15.7 Å². The Bertz CT molecular complexity index is 2440. The van der Waals surface area contributed by atoms with Crippen LogP contribution in [0.1, 0.15) is 0 Å². The number of nitrogens with zero attached hydrogens (tertiary/aromatic N) is 5. The molecule has 0 aliphatic carbocycles. The van der Waals surface area contributed by atoms with Crippen molar-refractivity contribution in [2.24, 2.45) is 0 Å². The third-order valence-electron chi connectivity index (χ3n) is 8.08. The van der Waals surface area contributed by atoms with E-state index in [1.54, 1.807) is 11.3 Å². The van der Waals surface area contributed by atoms with Gasteiger partial charge in [-0.05, 0) is 60.7 Å². The first-order valence-electron chi connectivity index (χ1n) is 14.2. The third kappa shape index (κ3) is 3.67. The predicted molar refractivity (Wildman–Crippen MR) is 177 cm³/mol. The van der Waals surface area contributed by atoms with Crippen molar-refractivity contribution in [1.29, 1.82) is 0 Å². The van der Waals surface area contributed by atoms with Gasteiger partial charge in [0.15, 0.2) is 0 Å². The summed E-state index contributed by atoms with van der Waals surface area (Å²) in [6.45, 7) is 0. The van der Waals surface area contributed by atoms with E-state index in [0.717, 1.165) is 43.8 Å². The molecule has 4 aromatic carbocycles. The molecule has 0 aliphatic rings. The Balaban J connectivity index is 1.42. The van der Waals surface area contributed by atoms with Crippen LogP contribution in [0.25, 0.3) is 76.4 Å². The van der Waals surface area contributed by atoms with Gasteiger partial charge in [-0.25, -0.2) is 4.98 Å². The lowest BCUT2D eigenvalue weighted by Crippen LogP contribution is -1.95. The summed E-state index contributed by atoms with van der Waals surface area (Å²) < 4.78 is 4.74. The highest BCUT2D eigenvalue weighted by Crippen LogP contribution is 2.43. The van der Waals surface area contributed by atoms with Gasteiger partial charge in [0.05, 0.1) is 33.5 Å². The van der Waals surface area contributed by atoms with E-state index in [-0.39, 0.29) is 0 Å². The lowest BCUT2D eigenvalue weighted by molar-refractivity contribution is 1.18. The number of hydrogen-bond donors (Lipinski definition) is 0. The minimum Gasteiger partial charge on any atom is -0.309 e. The van der Waals surface area contributed by atoms with Crippen LogP contribution < -0.4 is 0 Å². The van der Waals surface area contributed by atoms with Crippen molar-refractivity contribution in [3.63, 3.8) is 0 Å². The molecule has 9 aromatic rings. The molecule has 0 N–H and O–H groups in total. The predicted octanol–water partition coefficient (Wildman–Crippen LogP) is 9.46. The van der Waals surface area contributed by atoms with Crippen molar-refractivity contribution in [1.82, 2.24) is 24.1 Å². The van der Waals surface area contributed by atoms with Gasteiger partial charge < -0.3 is 4.57 Å². The second-order valence-corrected chi connectivity index (χ2v) is 11.5. The van der Waals surface area contributed by atoms with Crippen LogP contribution in [0, 0.1) is 0 Å². The van der Waals surface area contributed by atoms with Crippen LogP contribution in [0.15, 0.2) is 140 Å². The van der Waals surface area contributed by atoms with E-state index in [9.17, 15) is 0 Å². The Morgan fingerprint density at radius 1 is 0.465 bits per heavy atom. The maximum Gasteiger partial charge on any atom is 0.144 e. The zero-order valence-electron chi connectivity index (χ0n) is 22.9. The Morgan fingerprint density at radius 3 is 1.67 bits per heavy atom. The smallest absolute Gasteiger partial charge is 0.144 e. The fourth-order valence-corrected chi connectivity index (χ4v) is 7.32. The standard InChI is InChI=1S/C37H23N5S/c1-2-12-24(13-3-1)41-31-18-6-4-14-25(31)27-23-34-28(22-33(27)41)26-15-5-7-19-32(26)42(34)37-35(29-16-8-10-20-38-29)40-36(43-37)30-17-9-11-21-39-30/h1-23H. The van der Waals surface area contributed by atoms with Crippen LogP contribution in [0.2, 0.25) is 0 Å². The van der Waals surface area contributed by atoms with E-state index in [4.69, 9.17) is 9.97 Å². The van der Waals surface area contributed by atoms with E-state index < -0.39 is 0 Å². The fourth-order valence-electron chi connectivity index (χ4n) is 6.24. The molecule has 6 heteroatoms. The molecule has 5 heterocycles. The van der Waals surface area contributed by atoms with Crippen LogP contribution >= 0.6 is 11.3 Å². The highest BCUT2D eigenvalue weighted by molar-refractivity contribution is 7.18. The van der Waals surface area contributed by atoms with Crippen LogP contribution in [-0.4, -0.2) is 24.1 Å². The van der Waals surface area contributed by atoms with Gasteiger partial charge >= 0.3 is 0 Å². The Labute approximate surface area is 251 Å². The third-order valence-corrected chi connectivity index (χ3v) is 9.15. The summed E-state index contributed by atoms with van der Waals surface area (Å²) in [6, 6.07) is 44.6. The Morgan fingerprint density at radius 2 is 1.02 bits per heavy atom. The van der Waals surface area contributed by atoms with Crippen LogP contribution in [0.3, 0.4) is 0 Å². The normalized spacial score (nSPS) is 11.7. The van der Waals surface area contributed by atoms with Gasteiger partial charge in [-0.15, -0.1) is 0 Å². The molecule has 0 saturated heterocycles. The molecule has 0 bridgehead atoms. The van der Waals surface area contributed by atoms with Crippen LogP contribution in [0.4, 0.5) is 0 Å². The zero-order chi connectivity index (χ0) is 28.3. The number of benzene rings is 4. The molecule has 5 nitrogen and oxygen atoms in total. The molecule has 0 saturated carbocycles. The SMILES string of the molecule is c1ccc(-n2c3ccccc3c3cc4c(cc32)c2ccccc2n4-c2sc(-c3ccccn3)nc2-c2ccccn2)cc1. The number of aromatic nitrogens is 5. The Hall–Kier alpha value is -5.59. The number of pyridine rings is 2. The second kappa shape index (κ2) is 9.48. The minimum absolute atomic E-state index is 0.837. The van der Waals surface area contributed by atoms with Gasteiger partial charge in [0.25, 0.3) is 0 Å². The van der Waals surface area contributed by atoms with Crippen molar-refractivity contribution in [2.75, 3.05) is 0 Å². The first-order valence-corrected chi connectivity index (χ1v) is 15.0. The fraction of sp³-hybridized carbons (Fsp3) is 0. The van der Waals surface area contributed by atoms with E-state index in [2.05, 4.69) is 105 Å². The quantitative estimate of drug-likeness (QED) is 0.212. The van der Waals surface area contributed by atoms with E-state index in [1.165, 1.54) is 32.6 Å². The molecule has 0 unspecified atom stereocenters. The van der Waals surface area contributed by atoms with Gasteiger partial charge in [-0.1, -0.05) is 78.1 Å². The maximum atomic E-state index is 5.14. The number of fused-ring (bicyclic) bond motifs is 6. The van der Waals surface area contributed by atoms with Crippen molar-refractivity contribution in [3.05, 3.63) is 140 Å². The molecule has 9 rings (SSSR count). The van der Waals surface area contributed by atoms with Gasteiger partial charge in [-0.3, -0.25) is 14.5 Å². The average Bonchev–Trinajstić information content (AvgIpc) is 3.75. The first kappa shape index (κ1) is 24.1. The average molecular weight is 570 g/mol. The zero-order valence-corrected chi connectivity index (χ0v) is 23.7. The summed E-state index contributed by atoms with van der Waals surface area (Å²) in [5.74, 6) is 0. The molecule has 0 spiro atoms. The second-order valence-electron chi connectivity index (χ2n) is 10.5. The molecule has 0 atom stereocenters. The van der Waals surface area contributed by atoms with Gasteiger partial charge in [0, 0.05) is 39.6 Å². The summed E-state index contributed by atoms with van der Waals surface area (Å²) >= 11 is 1.65. The Kier molecular flexibility index (Phi) is 5.30. The lowest BCUT2D eigenvalue weighted by atomic mass is 10.1. The molecule has 5 aromatic heterocycles. The molecule has 202 valence electrons. The molecule has 0 radical (unpaired) electrons. The summed E-state index contributed by atoms with van der Waals surface area (Å²) in [6.07, 6.45) is 3.64. The number of para-hydroxylation sites is 3. The summed E-state index contributed by atoms with van der Waals surface area (Å²) in [5, 5.41) is 6.72. The monoisotopic (exact) mass is 569 g/mol. The van der Waals surface area contributed by atoms with E-state index in [1.807, 2.05) is 48.8 Å². The highest BCUT2D eigenvalue weighted by Gasteiger charge is 2.23. The molecule has 0 amide bonds. The molecular weight excluding hydrogens is 547 g/mol. The van der Waals surface area contributed by atoms with Gasteiger partial charge in [0.2, 0.25) is 0 Å². The van der Waals surface area contributed by atoms with E-state index in [0.29, 0.717) is 0 Å². The molecular formula is C37H23N5S. The van der Waals surface area contributed by atoms with E-state index >= 15 is 0 Å². The largest absolute Gasteiger partial charge is 0.309 e. The van der Waals surface area contributed by atoms with Crippen LogP contribution in [0.5, 0.6) is 0 Å². The van der Waals surface area contributed by atoms with Crippen LogP contribution in [-0.2, 0) is 0 Å². The van der Waals surface area contributed by atoms with Crippen molar-refractivity contribution >= 4 is 54.9 Å². The maximum absolute atomic E-state index is 5.14. The molecule has 0 fully saturated rings. The number of thiazole rings is 1. The first-order chi connectivity index (χ1) is 21.3. The summed E-state index contributed by atoms with van der Waals surface area (Å²) in [5.41, 5.74) is 8.33. The molecule has 43 heavy (non-hydrogen) atoms.